The largest absolute Gasteiger partial charge is 0.352 e. The molecule has 3 unspecified atom stereocenters. The third-order valence-electron chi connectivity index (χ3n) is 4.80. The number of carbonyl (C=O) groups excluding carboxylic acids is 3. The summed E-state index contributed by atoms with van der Waals surface area (Å²) < 4.78 is 22.8. The lowest BCUT2D eigenvalue weighted by molar-refractivity contribution is -0.137. The Morgan fingerprint density at radius 3 is 2.35 bits per heavy atom. The molecule has 0 aromatic carbocycles. The summed E-state index contributed by atoms with van der Waals surface area (Å²) in [6, 6.07) is -0.319. The standard InChI is InChI=1S/C14H21N3O5S/c18-9-16-2-4-17(5-3-16)14(20)12-7-11(12)13(19)15-10-1-6-23(21,22)8-10/h9-12H,1-8H2,(H,15,19). The lowest BCUT2D eigenvalue weighted by Gasteiger charge is -2.32. The van der Waals surface area contributed by atoms with Crippen LogP contribution in [0.4, 0.5) is 0 Å². The van der Waals surface area contributed by atoms with E-state index in [-0.39, 0.29) is 41.2 Å². The van der Waals surface area contributed by atoms with Crippen LogP contribution in [0.5, 0.6) is 0 Å². The van der Waals surface area contributed by atoms with Gasteiger partial charge in [-0.15, -0.1) is 0 Å². The quantitative estimate of drug-likeness (QED) is 0.608. The molecule has 0 radical (unpaired) electrons. The number of piperazine rings is 1. The van der Waals surface area contributed by atoms with Crippen molar-refractivity contribution in [2.24, 2.45) is 11.8 Å². The molecule has 3 atom stereocenters. The van der Waals surface area contributed by atoms with Gasteiger partial charge in [-0.1, -0.05) is 0 Å². The van der Waals surface area contributed by atoms with Crippen LogP contribution < -0.4 is 5.32 Å². The predicted molar refractivity (Wildman–Crippen MR) is 81.0 cm³/mol. The average Bonchev–Trinajstić information content (AvgIpc) is 3.26. The van der Waals surface area contributed by atoms with Crippen LogP contribution in [-0.2, 0) is 24.2 Å². The van der Waals surface area contributed by atoms with E-state index in [0.717, 1.165) is 6.41 Å². The van der Waals surface area contributed by atoms with Crippen LogP contribution in [0, 0.1) is 11.8 Å². The molecule has 1 saturated carbocycles. The Labute approximate surface area is 135 Å². The fraction of sp³-hybridized carbons (Fsp3) is 0.786. The molecule has 2 saturated heterocycles. The minimum atomic E-state index is -3.02. The van der Waals surface area contributed by atoms with Crippen molar-refractivity contribution in [1.82, 2.24) is 15.1 Å². The van der Waals surface area contributed by atoms with E-state index >= 15 is 0 Å². The number of hydrogen-bond acceptors (Lipinski definition) is 5. The highest BCUT2D eigenvalue weighted by molar-refractivity contribution is 7.91. The fourth-order valence-electron chi connectivity index (χ4n) is 3.26. The van der Waals surface area contributed by atoms with Gasteiger partial charge in [-0.3, -0.25) is 14.4 Å². The topological polar surface area (TPSA) is 104 Å². The van der Waals surface area contributed by atoms with Crippen molar-refractivity contribution < 1.29 is 22.8 Å². The van der Waals surface area contributed by atoms with E-state index in [1.807, 2.05) is 0 Å². The van der Waals surface area contributed by atoms with Crippen LogP contribution in [0.1, 0.15) is 12.8 Å². The van der Waals surface area contributed by atoms with Crippen molar-refractivity contribution in [3.05, 3.63) is 0 Å². The van der Waals surface area contributed by atoms with Gasteiger partial charge in [0, 0.05) is 32.2 Å². The highest BCUT2D eigenvalue weighted by atomic mass is 32.2. The number of hydrogen-bond donors (Lipinski definition) is 1. The smallest absolute Gasteiger partial charge is 0.226 e. The Bertz CT molecular complexity index is 612. The zero-order valence-corrected chi connectivity index (χ0v) is 13.6. The second-order valence-electron chi connectivity index (χ2n) is 6.52. The molecule has 3 fully saturated rings. The molecule has 3 aliphatic rings. The molecular formula is C14H21N3O5S. The SMILES string of the molecule is O=CN1CCN(C(=O)C2CC2C(=O)NC2CCS(=O)(=O)C2)CC1. The molecule has 1 N–H and O–H groups in total. The second kappa shape index (κ2) is 6.10. The van der Waals surface area contributed by atoms with Gasteiger partial charge in [-0.05, 0) is 12.8 Å². The van der Waals surface area contributed by atoms with Gasteiger partial charge in [-0.25, -0.2) is 8.42 Å². The lowest BCUT2D eigenvalue weighted by Crippen LogP contribution is -2.49. The van der Waals surface area contributed by atoms with E-state index in [1.54, 1.807) is 9.80 Å². The Kier molecular flexibility index (Phi) is 4.31. The zero-order valence-electron chi connectivity index (χ0n) is 12.8. The molecule has 2 heterocycles. The zero-order chi connectivity index (χ0) is 16.6. The van der Waals surface area contributed by atoms with E-state index in [1.165, 1.54) is 0 Å². The van der Waals surface area contributed by atoms with Crippen LogP contribution in [0.3, 0.4) is 0 Å². The fourth-order valence-corrected chi connectivity index (χ4v) is 4.93. The Morgan fingerprint density at radius 2 is 1.78 bits per heavy atom. The molecule has 0 aromatic rings. The monoisotopic (exact) mass is 343 g/mol. The van der Waals surface area contributed by atoms with E-state index in [4.69, 9.17) is 0 Å². The molecule has 3 amide bonds. The third-order valence-corrected chi connectivity index (χ3v) is 6.57. The number of amides is 3. The summed E-state index contributed by atoms with van der Waals surface area (Å²) in [4.78, 5) is 38.5. The van der Waals surface area contributed by atoms with Crippen LogP contribution in [0.2, 0.25) is 0 Å². The molecule has 3 rings (SSSR count). The summed E-state index contributed by atoms with van der Waals surface area (Å²) in [6.07, 6.45) is 1.76. The molecule has 2 aliphatic heterocycles. The first-order valence-corrected chi connectivity index (χ1v) is 9.71. The molecule has 9 heteroatoms. The van der Waals surface area contributed by atoms with Gasteiger partial charge in [0.1, 0.15) is 0 Å². The molecule has 0 bridgehead atoms. The Hall–Kier alpha value is -1.64. The summed E-state index contributed by atoms with van der Waals surface area (Å²) >= 11 is 0. The third kappa shape index (κ3) is 3.65. The van der Waals surface area contributed by atoms with Crippen molar-refractivity contribution in [2.45, 2.75) is 18.9 Å². The van der Waals surface area contributed by atoms with Crippen LogP contribution in [0.25, 0.3) is 0 Å². The van der Waals surface area contributed by atoms with Crippen molar-refractivity contribution in [3.8, 4) is 0 Å². The van der Waals surface area contributed by atoms with Gasteiger partial charge in [0.2, 0.25) is 18.2 Å². The van der Waals surface area contributed by atoms with Gasteiger partial charge in [0.25, 0.3) is 0 Å². The number of rotatable bonds is 4. The molecule has 8 nitrogen and oxygen atoms in total. The maximum atomic E-state index is 12.4. The molecule has 0 spiro atoms. The number of carbonyl (C=O) groups is 3. The Morgan fingerprint density at radius 1 is 1.09 bits per heavy atom. The first kappa shape index (κ1) is 16.2. The number of nitrogens with zero attached hydrogens (tertiary/aromatic N) is 2. The predicted octanol–water partition coefficient (Wildman–Crippen LogP) is -1.77. The molecule has 23 heavy (non-hydrogen) atoms. The van der Waals surface area contributed by atoms with Gasteiger partial charge >= 0.3 is 0 Å². The first-order chi connectivity index (χ1) is 10.9. The highest BCUT2D eigenvalue weighted by Gasteiger charge is 2.50. The van der Waals surface area contributed by atoms with Crippen LogP contribution in [-0.4, -0.2) is 80.2 Å². The van der Waals surface area contributed by atoms with E-state index in [0.29, 0.717) is 39.0 Å². The summed E-state index contributed by atoms with van der Waals surface area (Å²) in [5.41, 5.74) is 0. The van der Waals surface area contributed by atoms with Gasteiger partial charge in [-0.2, -0.15) is 0 Å². The van der Waals surface area contributed by atoms with Gasteiger partial charge < -0.3 is 15.1 Å². The van der Waals surface area contributed by atoms with Crippen molar-refractivity contribution in [1.29, 1.82) is 0 Å². The van der Waals surface area contributed by atoms with Crippen LogP contribution in [0.15, 0.2) is 0 Å². The molecule has 1 aliphatic carbocycles. The minimum Gasteiger partial charge on any atom is -0.352 e. The normalized spacial score (nSPS) is 32.4. The maximum absolute atomic E-state index is 12.4. The summed E-state index contributed by atoms with van der Waals surface area (Å²) in [5.74, 6) is -0.763. The lowest BCUT2D eigenvalue weighted by atomic mass is 10.2. The first-order valence-electron chi connectivity index (χ1n) is 7.88. The van der Waals surface area contributed by atoms with Crippen molar-refractivity contribution >= 4 is 28.1 Å². The summed E-state index contributed by atoms with van der Waals surface area (Å²) in [5, 5.41) is 2.76. The minimum absolute atomic E-state index is 0.00225. The summed E-state index contributed by atoms with van der Waals surface area (Å²) in [7, 11) is -3.02. The van der Waals surface area contributed by atoms with Crippen molar-refractivity contribution in [3.63, 3.8) is 0 Å². The maximum Gasteiger partial charge on any atom is 0.226 e. The highest BCUT2D eigenvalue weighted by Crippen LogP contribution is 2.40. The van der Waals surface area contributed by atoms with Crippen LogP contribution >= 0.6 is 0 Å². The molecule has 0 aromatic heterocycles. The van der Waals surface area contributed by atoms with E-state index in [9.17, 15) is 22.8 Å². The van der Waals surface area contributed by atoms with Crippen molar-refractivity contribution in [2.75, 3.05) is 37.7 Å². The Balaban J connectivity index is 1.46. The number of sulfone groups is 1. The average molecular weight is 343 g/mol. The molecular weight excluding hydrogens is 322 g/mol. The molecule has 128 valence electrons. The number of nitrogens with one attached hydrogen (secondary N) is 1. The van der Waals surface area contributed by atoms with Gasteiger partial charge in [0.15, 0.2) is 9.84 Å². The second-order valence-corrected chi connectivity index (χ2v) is 8.75. The van der Waals surface area contributed by atoms with E-state index < -0.39 is 9.84 Å². The van der Waals surface area contributed by atoms with Gasteiger partial charge in [0.05, 0.1) is 23.3 Å². The van der Waals surface area contributed by atoms with E-state index in [2.05, 4.69) is 5.32 Å². The summed E-state index contributed by atoms with van der Waals surface area (Å²) in [6.45, 7) is 2.06.